The SMILES string of the molecule is CCCCC(C)(O)CC=C[C@H]1[C@H](O)CC(=O)[C@@H]1CCCCCCC(=O)COc1ccccc1. The first-order valence-electron chi connectivity index (χ1n) is 12.6. The number of aliphatic hydroxyl groups is 2. The maximum absolute atomic E-state index is 12.4. The van der Waals surface area contributed by atoms with Crippen molar-refractivity contribution in [2.75, 3.05) is 6.61 Å². The van der Waals surface area contributed by atoms with Crippen LogP contribution in [0.3, 0.4) is 0 Å². The Labute approximate surface area is 199 Å². The number of Topliss-reactive ketones (excluding diaryl/α,β-unsaturated/α-hetero) is 2. The lowest BCUT2D eigenvalue weighted by Gasteiger charge is -2.22. The predicted molar refractivity (Wildman–Crippen MR) is 131 cm³/mol. The molecule has 2 rings (SSSR count). The highest BCUT2D eigenvalue weighted by Crippen LogP contribution is 2.34. The van der Waals surface area contributed by atoms with Crippen molar-refractivity contribution >= 4 is 11.6 Å². The lowest BCUT2D eigenvalue weighted by molar-refractivity contribution is -0.121. The number of unbranched alkanes of at least 4 members (excludes halogenated alkanes) is 4. The molecule has 0 aliphatic heterocycles. The molecule has 184 valence electrons. The van der Waals surface area contributed by atoms with Gasteiger partial charge in [0.05, 0.1) is 11.7 Å². The van der Waals surface area contributed by atoms with Gasteiger partial charge in [0.2, 0.25) is 0 Å². The minimum Gasteiger partial charge on any atom is -0.486 e. The Morgan fingerprint density at radius 1 is 1.15 bits per heavy atom. The van der Waals surface area contributed by atoms with Crippen LogP contribution in [0.15, 0.2) is 42.5 Å². The summed E-state index contributed by atoms with van der Waals surface area (Å²) in [5, 5.41) is 20.8. The zero-order valence-corrected chi connectivity index (χ0v) is 20.4. The first-order valence-corrected chi connectivity index (χ1v) is 12.6. The Hall–Kier alpha value is -1.98. The number of aliphatic hydroxyl groups excluding tert-OH is 1. The van der Waals surface area contributed by atoms with Crippen molar-refractivity contribution in [3.63, 3.8) is 0 Å². The third kappa shape index (κ3) is 10.2. The molecule has 0 spiro atoms. The number of hydrogen-bond acceptors (Lipinski definition) is 5. The molecule has 1 unspecified atom stereocenters. The molecular weight excluding hydrogens is 416 g/mol. The molecule has 1 aliphatic carbocycles. The van der Waals surface area contributed by atoms with E-state index in [1.54, 1.807) is 0 Å². The summed E-state index contributed by atoms with van der Waals surface area (Å²) in [4.78, 5) is 24.4. The molecule has 4 atom stereocenters. The van der Waals surface area contributed by atoms with E-state index < -0.39 is 11.7 Å². The topological polar surface area (TPSA) is 83.8 Å². The fraction of sp³-hybridized carbons (Fsp3) is 0.643. The minimum absolute atomic E-state index is 0.105. The molecule has 33 heavy (non-hydrogen) atoms. The van der Waals surface area contributed by atoms with Gasteiger partial charge in [0.25, 0.3) is 0 Å². The molecule has 2 N–H and O–H groups in total. The van der Waals surface area contributed by atoms with Crippen LogP contribution in [-0.2, 0) is 9.59 Å². The fourth-order valence-corrected chi connectivity index (χ4v) is 4.52. The van der Waals surface area contributed by atoms with E-state index in [0.29, 0.717) is 18.6 Å². The van der Waals surface area contributed by atoms with Gasteiger partial charge in [0.15, 0.2) is 5.78 Å². The van der Waals surface area contributed by atoms with Gasteiger partial charge >= 0.3 is 0 Å². The number of carbonyl (C=O) groups excluding carboxylic acids is 2. The number of ketones is 2. The summed E-state index contributed by atoms with van der Waals surface area (Å²) >= 11 is 0. The second kappa shape index (κ2) is 14.3. The Balaban J connectivity index is 1.65. The number of rotatable bonds is 16. The average molecular weight is 459 g/mol. The van der Waals surface area contributed by atoms with E-state index in [2.05, 4.69) is 6.92 Å². The number of benzene rings is 1. The molecule has 1 saturated carbocycles. The van der Waals surface area contributed by atoms with E-state index in [9.17, 15) is 19.8 Å². The molecule has 5 nitrogen and oxygen atoms in total. The third-order valence-corrected chi connectivity index (χ3v) is 6.58. The van der Waals surface area contributed by atoms with Crippen molar-refractivity contribution in [3.05, 3.63) is 42.5 Å². The molecular formula is C28H42O5. The van der Waals surface area contributed by atoms with E-state index in [-0.39, 0.29) is 36.4 Å². The molecule has 0 saturated heterocycles. The van der Waals surface area contributed by atoms with Crippen LogP contribution in [0.2, 0.25) is 0 Å². The van der Waals surface area contributed by atoms with Crippen molar-refractivity contribution in [2.45, 2.75) is 96.2 Å². The van der Waals surface area contributed by atoms with Crippen LogP contribution >= 0.6 is 0 Å². The molecule has 1 aromatic rings. The highest BCUT2D eigenvalue weighted by atomic mass is 16.5. The van der Waals surface area contributed by atoms with Gasteiger partial charge in [-0.05, 0) is 44.7 Å². The Bertz CT molecular complexity index is 740. The predicted octanol–water partition coefficient (Wildman–Crippen LogP) is 5.43. The van der Waals surface area contributed by atoms with Gasteiger partial charge in [-0.25, -0.2) is 0 Å². The smallest absolute Gasteiger partial charge is 0.170 e. The van der Waals surface area contributed by atoms with Crippen LogP contribution < -0.4 is 4.74 Å². The first kappa shape index (κ1) is 27.3. The molecule has 0 radical (unpaired) electrons. The fourth-order valence-electron chi connectivity index (χ4n) is 4.52. The third-order valence-electron chi connectivity index (χ3n) is 6.58. The molecule has 0 bridgehead atoms. The van der Waals surface area contributed by atoms with Crippen LogP contribution in [0, 0.1) is 11.8 Å². The van der Waals surface area contributed by atoms with Gasteiger partial charge in [0.1, 0.15) is 18.1 Å². The summed E-state index contributed by atoms with van der Waals surface area (Å²) in [5.41, 5.74) is -0.737. The van der Waals surface area contributed by atoms with Crippen molar-refractivity contribution in [2.24, 2.45) is 11.8 Å². The van der Waals surface area contributed by atoms with E-state index in [0.717, 1.165) is 51.4 Å². The lowest BCUT2D eigenvalue weighted by atomic mass is 9.87. The number of hydrogen-bond donors (Lipinski definition) is 2. The second-order valence-electron chi connectivity index (χ2n) is 9.75. The van der Waals surface area contributed by atoms with Crippen LogP contribution in [0.25, 0.3) is 0 Å². The summed E-state index contributed by atoms with van der Waals surface area (Å²) < 4.78 is 5.49. The van der Waals surface area contributed by atoms with Crippen molar-refractivity contribution in [1.29, 1.82) is 0 Å². The van der Waals surface area contributed by atoms with Gasteiger partial charge in [-0.3, -0.25) is 9.59 Å². The van der Waals surface area contributed by atoms with Gasteiger partial charge in [0, 0.05) is 24.7 Å². The van der Waals surface area contributed by atoms with Crippen LogP contribution in [0.1, 0.15) is 84.5 Å². The largest absolute Gasteiger partial charge is 0.486 e. The summed E-state index contributed by atoms with van der Waals surface area (Å²) in [7, 11) is 0. The van der Waals surface area contributed by atoms with E-state index in [1.165, 1.54) is 0 Å². The number of para-hydroxylation sites is 1. The summed E-state index contributed by atoms with van der Waals surface area (Å²) in [6.45, 7) is 4.06. The van der Waals surface area contributed by atoms with E-state index in [4.69, 9.17) is 4.74 Å². The zero-order chi connectivity index (χ0) is 24.1. The number of carbonyl (C=O) groups is 2. The maximum atomic E-state index is 12.4. The second-order valence-corrected chi connectivity index (χ2v) is 9.75. The van der Waals surface area contributed by atoms with Crippen molar-refractivity contribution in [1.82, 2.24) is 0 Å². The molecule has 1 fully saturated rings. The average Bonchev–Trinajstić information content (AvgIpc) is 3.06. The Morgan fingerprint density at radius 3 is 2.61 bits per heavy atom. The summed E-state index contributed by atoms with van der Waals surface area (Å²) in [6, 6.07) is 9.35. The molecule has 1 aliphatic rings. The molecule has 5 heteroatoms. The van der Waals surface area contributed by atoms with Gasteiger partial charge in [-0.15, -0.1) is 0 Å². The van der Waals surface area contributed by atoms with Crippen molar-refractivity contribution in [3.8, 4) is 5.75 Å². The van der Waals surface area contributed by atoms with Crippen molar-refractivity contribution < 1.29 is 24.5 Å². The quantitative estimate of drug-likeness (QED) is 0.255. The summed E-state index contributed by atoms with van der Waals surface area (Å²) in [5.74, 6) is 0.660. The minimum atomic E-state index is -0.737. The lowest BCUT2D eigenvalue weighted by Crippen LogP contribution is -2.23. The maximum Gasteiger partial charge on any atom is 0.170 e. The van der Waals surface area contributed by atoms with Crippen LogP contribution in [0.5, 0.6) is 5.75 Å². The van der Waals surface area contributed by atoms with Crippen LogP contribution in [-0.4, -0.2) is 40.1 Å². The van der Waals surface area contributed by atoms with Gasteiger partial charge in [-0.1, -0.05) is 69.4 Å². The standard InChI is InChI=1S/C28H42O5/c1-3-4-18-28(2,32)19-12-17-25-24(26(30)20-27(25)31)16-11-6-5-8-13-22(29)21-33-23-14-9-7-10-15-23/h7,9-10,12,14-15,17,24-25,27,31-32H,3-6,8,11,13,16,18-21H2,1-2H3/t24-,25-,27-,28?/m1/s1. The molecule has 1 aromatic carbocycles. The van der Waals surface area contributed by atoms with E-state index >= 15 is 0 Å². The normalized spacial score (nSPS) is 22.5. The Morgan fingerprint density at radius 2 is 1.88 bits per heavy atom. The van der Waals surface area contributed by atoms with E-state index in [1.807, 2.05) is 49.4 Å². The highest BCUT2D eigenvalue weighted by molar-refractivity contribution is 5.84. The number of ether oxygens (including phenoxy) is 1. The molecule has 0 aromatic heterocycles. The first-order chi connectivity index (χ1) is 15.8. The van der Waals surface area contributed by atoms with Crippen LogP contribution in [0.4, 0.5) is 0 Å². The Kier molecular flexibility index (Phi) is 11.8. The monoisotopic (exact) mass is 458 g/mol. The van der Waals surface area contributed by atoms with Gasteiger partial charge < -0.3 is 14.9 Å². The van der Waals surface area contributed by atoms with Gasteiger partial charge in [-0.2, -0.15) is 0 Å². The molecule has 0 amide bonds. The molecule has 0 heterocycles. The summed E-state index contributed by atoms with van der Waals surface area (Å²) in [6.07, 6.45) is 11.8. The highest BCUT2D eigenvalue weighted by Gasteiger charge is 2.39. The zero-order valence-electron chi connectivity index (χ0n) is 20.4.